The summed E-state index contributed by atoms with van der Waals surface area (Å²) in [5, 5.41) is 5.13. The third-order valence-corrected chi connectivity index (χ3v) is 9.71. The highest BCUT2D eigenvalue weighted by atomic mass is 35.5. The lowest BCUT2D eigenvalue weighted by Crippen LogP contribution is -2.58. The molecule has 2 saturated carbocycles. The second-order valence-corrected chi connectivity index (χ2v) is 13.8. The molecular weight excluding hydrogens is 482 g/mol. The maximum absolute atomic E-state index is 6.19. The van der Waals surface area contributed by atoms with Gasteiger partial charge in [0.2, 0.25) is 0 Å². The van der Waals surface area contributed by atoms with Gasteiger partial charge in [0.15, 0.2) is 0 Å². The van der Waals surface area contributed by atoms with Crippen molar-refractivity contribution < 1.29 is 0 Å². The van der Waals surface area contributed by atoms with E-state index in [1.54, 1.807) is 16.7 Å². The molecule has 4 rings (SSSR count). The summed E-state index contributed by atoms with van der Waals surface area (Å²) < 4.78 is 0. The number of allylic oxidation sites excluding steroid dienone is 5. The first-order valence-corrected chi connectivity index (χ1v) is 15.9. The normalized spacial score (nSPS) is 25.9. The van der Waals surface area contributed by atoms with Crippen LogP contribution in [0.4, 0.5) is 0 Å². The second kappa shape index (κ2) is 12.2. The van der Waals surface area contributed by atoms with Gasteiger partial charge in [-0.2, -0.15) is 0 Å². The van der Waals surface area contributed by atoms with Crippen molar-refractivity contribution in [2.75, 3.05) is 0 Å². The third-order valence-electron chi connectivity index (χ3n) is 9.46. The van der Waals surface area contributed by atoms with Gasteiger partial charge < -0.3 is 5.32 Å². The lowest BCUT2D eigenvalue weighted by Gasteiger charge is -2.57. The largest absolute Gasteiger partial charge is 0.381 e. The summed E-state index contributed by atoms with van der Waals surface area (Å²) in [5.41, 5.74) is 11.2. The average molecular weight is 534 g/mol. The zero-order valence-corrected chi connectivity index (χ0v) is 26.0. The van der Waals surface area contributed by atoms with Gasteiger partial charge in [-0.3, -0.25) is 0 Å². The van der Waals surface area contributed by atoms with Gasteiger partial charge in [0.05, 0.1) is 0 Å². The molecule has 1 aromatic carbocycles. The van der Waals surface area contributed by atoms with Crippen LogP contribution in [0.2, 0.25) is 5.02 Å². The van der Waals surface area contributed by atoms with Gasteiger partial charge in [0.1, 0.15) is 0 Å². The van der Waals surface area contributed by atoms with Crippen LogP contribution in [0, 0.1) is 16.7 Å². The molecule has 0 amide bonds. The Kier molecular flexibility index (Phi) is 9.39. The predicted molar refractivity (Wildman–Crippen MR) is 167 cm³/mol. The molecule has 0 saturated heterocycles. The van der Waals surface area contributed by atoms with Crippen LogP contribution in [0.1, 0.15) is 125 Å². The zero-order chi connectivity index (χ0) is 27.5. The van der Waals surface area contributed by atoms with E-state index in [1.165, 1.54) is 80.2 Å². The van der Waals surface area contributed by atoms with Crippen LogP contribution in [0.15, 0.2) is 63.9 Å². The fourth-order valence-electron chi connectivity index (χ4n) is 7.36. The first kappa shape index (κ1) is 29.3. The molecule has 2 heteroatoms. The molecule has 0 aliphatic heterocycles. The van der Waals surface area contributed by atoms with Crippen molar-refractivity contribution in [1.29, 1.82) is 0 Å². The molecule has 0 spiro atoms. The third kappa shape index (κ3) is 6.35. The van der Waals surface area contributed by atoms with Crippen molar-refractivity contribution >= 4 is 17.7 Å². The van der Waals surface area contributed by atoms with Crippen LogP contribution >= 0.6 is 11.6 Å². The van der Waals surface area contributed by atoms with Gasteiger partial charge in [-0.1, -0.05) is 97.2 Å². The standard InChI is InChI=1S/C36H52ClN/c1-8-12-30-27(24-25-16-20-29(37)21-17-25)14-11-15-31(30)32(13-9-2)33(26-18-19-26)38-34(35(4,5)6)36(7)23-22-28(36)10-3/h13,16-17,20-21,24,28,34,38H,8-12,14-15,18-19,22-23H2,1-7H3/b27-24+,32-13-. The maximum Gasteiger partial charge on any atom is 0.0408 e. The monoisotopic (exact) mass is 533 g/mol. The molecule has 38 heavy (non-hydrogen) atoms. The Morgan fingerprint density at radius 3 is 2.32 bits per heavy atom. The Balaban J connectivity index is 1.78. The molecule has 0 bridgehead atoms. The molecule has 1 aromatic rings. The molecule has 1 N–H and O–H groups in total. The van der Waals surface area contributed by atoms with E-state index in [9.17, 15) is 0 Å². The Morgan fingerprint density at radius 2 is 1.79 bits per heavy atom. The molecule has 3 unspecified atom stereocenters. The van der Waals surface area contributed by atoms with E-state index in [-0.39, 0.29) is 5.41 Å². The Hall–Kier alpha value is -1.73. The fourth-order valence-corrected chi connectivity index (χ4v) is 7.49. The van der Waals surface area contributed by atoms with Gasteiger partial charge in [-0.05, 0) is 120 Å². The summed E-state index contributed by atoms with van der Waals surface area (Å²) in [6.07, 6.45) is 18.5. The van der Waals surface area contributed by atoms with Crippen molar-refractivity contribution in [3.8, 4) is 0 Å². The first-order valence-electron chi connectivity index (χ1n) is 15.5. The lowest BCUT2D eigenvalue weighted by molar-refractivity contribution is -0.0311. The van der Waals surface area contributed by atoms with Crippen molar-refractivity contribution in [2.45, 2.75) is 125 Å². The average Bonchev–Trinajstić information content (AvgIpc) is 3.70. The van der Waals surface area contributed by atoms with E-state index in [1.807, 2.05) is 12.1 Å². The predicted octanol–water partition coefficient (Wildman–Crippen LogP) is 11.2. The highest BCUT2D eigenvalue weighted by Gasteiger charge is 2.51. The number of hydrogen-bond donors (Lipinski definition) is 1. The highest BCUT2D eigenvalue weighted by Crippen LogP contribution is 2.55. The van der Waals surface area contributed by atoms with E-state index in [0.717, 1.165) is 23.8 Å². The Morgan fingerprint density at radius 1 is 1.08 bits per heavy atom. The molecule has 208 valence electrons. The quantitative estimate of drug-likeness (QED) is 0.315. The summed E-state index contributed by atoms with van der Waals surface area (Å²) in [6, 6.07) is 8.82. The lowest BCUT2D eigenvalue weighted by atomic mass is 9.52. The second-order valence-electron chi connectivity index (χ2n) is 13.4. The molecule has 0 radical (unpaired) electrons. The van der Waals surface area contributed by atoms with Crippen LogP contribution < -0.4 is 5.32 Å². The summed E-state index contributed by atoms with van der Waals surface area (Å²) in [6.45, 7) is 17.0. The minimum absolute atomic E-state index is 0.202. The molecule has 3 aliphatic carbocycles. The summed E-state index contributed by atoms with van der Waals surface area (Å²) in [5.74, 6) is 0.821. The number of rotatable bonds is 10. The Labute approximate surface area is 238 Å². The Bertz CT molecular complexity index is 1100. The highest BCUT2D eigenvalue weighted by molar-refractivity contribution is 6.30. The van der Waals surface area contributed by atoms with Gasteiger partial charge in [-0.25, -0.2) is 0 Å². The van der Waals surface area contributed by atoms with Crippen LogP contribution in [-0.2, 0) is 0 Å². The van der Waals surface area contributed by atoms with Gasteiger partial charge in [0.25, 0.3) is 0 Å². The molecule has 3 aliphatic rings. The summed E-state index contributed by atoms with van der Waals surface area (Å²) >= 11 is 6.19. The SMILES string of the molecule is CC/C=C(C1=C(CCC)/C(=C/c2ccc(Cl)cc2)CCC1)\C(NC(C(C)(C)C)C1(C)CCC1CC)=C1CC1. The number of nitrogens with one attached hydrogen (secondary N) is 1. The molecule has 3 atom stereocenters. The minimum Gasteiger partial charge on any atom is -0.381 e. The molecule has 0 aromatic heterocycles. The van der Waals surface area contributed by atoms with Crippen LogP contribution in [0.5, 0.6) is 0 Å². The van der Waals surface area contributed by atoms with Crippen LogP contribution in [-0.4, -0.2) is 6.04 Å². The van der Waals surface area contributed by atoms with Gasteiger partial charge in [0, 0.05) is 16.8 Å². The number of benzene rings is 1. The van der Waals surface area contributed by atoms with Crippen LogP contribution in [0.25, 0.3) is 6.08 Å². The zero-order valence-electron chi connectivity index (χ0n) is 25.3. The summed E-state index contributed by atoms with van der Waals surface area (Å²) in [4.78, 5) is 0. The van der Waals surface area contributed by atoms with Crippen LogP contribution in [0.3, 0.4) is 0 Å². The van der Waals surface area contributed by atoms with E-state index >= 15 is 0 Å². The van der Waals surface area contributed by atoms with E-state index < -0.39 is 0 Å². The first-order chi connectivity index (χ1) is 18.1. The molecule has 1 nitrogen and oxygen atoms in total. The van der Waals surface area contributed by atoms with Crippen molar-refractivity contribution in [3.05, 3.63) is 74.5 Å². The fraction of sp³-hybridized carbons (Fsp3) is 0.611. The molecule has 0 heterocycles. The smallest absolute Gasteiger partial charge is 0.0408 e. The van der Waals surface area contributed by atoms with Gasteiger partial charge >= 0.3 is 0 Å². The maximum atomic E-state index is 6.19. The van der Waals surface area contributed by atoms with E-state index in [0.29, 0.717) is 11.5 Å². The number of hydrogen-bond acceptors (Lipinski definition) is 1. The van der Waals surface area contributed by atoms with Gasteiger partial charge in [-0.15, -0.1) is 0 Å². The van der Waals surface area contributed by atoms with E-state index in [2.05, 4.69) is 78.1 Å². The van der Waals surface area contributed by atoms with Crippen molar-refractivity contribution in [2.24, 2.45) is 16.7 Å². The molecular formula is C36H52ClN. The topological polar surface area (TPSA) is 12.0 Å². The number of halogens is 1. The molecule has 2 fully saturated rings. The van der Waals surface area contributed by atoms with Crippen molar-refractivity contribution in [3.63, 3.8) is 0 Å². The van der Waals surface area contributed by atoms with E-state index in [4.69, 9.17) is 11.6 Å². The minimum atomic E-state index is 0.202. The van der Waals surface area contributed by atoms with Crippen molar-refractivity contribution in [1.82, 2.24) is 5.32 Å². The summed E-state index contributed by atoms with van der Waals surface area (Å²) in [7, 11) is 0.